The molecule has 3 heterocycles. The lowest BCUT2D eigenvalue weighted by Crippen LogP contribution is -2.43. The molecule has 0 spiro atoms. The summed E-state index contributed by atoms with van der Waals surface area (Å²) in [6, 6.07) is 4.34. The summed E-state index contributed by atoms with van der Waals surface area (Å²) < 4.78 is 0. The highest BCUT2D eigenvalue weighted by molar-refractivity contribution is 5.50. The molecule has 1 N–H and O–H groups in total. The molecule has 16 heavy (non-hydrogen) atoms. The fraction of sp³-hybridized carbons (Fsp3) is 0.500. The van der Waals surface area contributed by atoms with Gasteiger partial charge in [0.2, 0.25) is 0 Å². The molecule has 2 fully saturated rings. The first-order chi connectivity index (χ1) is 7.74. The van der Waals surface area contributed by atoms with E-state index in [0.29, 0.717) is 12.1 Å². The fourth-order valence-electron chi connectivity index (χ4n) is 2.53. The third-order valence-electron chi connectivity index (χ3n) is 3.31. The number of aromatic nitrogens is 1. The van der Waals surface area contributed by atoms with E-state index < -0.39 is 4.92 Å². The van der Waals surface area contributed by atoms with Gasteiger partial charge in [-0.05, 0) is 22.4 Å². The molecule has 3 rings (SSSR count). The first-order valence-electron chi connectivity index (χ1n) is 5.34. The van der Waals surface area contributed by atoms with Crippen molar-refractivity contribution in [1.82, 2.24) is 10.3 Å². The Morgan fingerprint density at radius 1 is 1.56 bits per heavy atom. The van der Waals surface area contributed by atoms with Crippen LogP contribution in [0.5, 0.6) is 0 Å². The van der Waals surface area contributed by atoms with Gasteiger partial charge in [0.05, 0.1) is 5.69 Å². The van der Waals surface area contributed by atoms with Crippen LogP contribution < -0.4 is 10.2 Å². The Kier molecular flexibility index (Phi) is 2.03. The maximum atomic E-state index is 10.5. The maximum Gasteiger partial charge on any atom is 0.363 e. The highest BCUT2D eigenvalue weighted by Gasteiger charge is 2.38. The largest absolute Gasteiger partial charge is 0.363 e. The second-order valence-electron chi connectivity index (χ2n) is 4.28. The summed E-state index contributed by atoms with van der Waals surface area (Å²) in [5.74, 6) is -0.0915. The van der Waals surface area contributed by atoms with Crippen LogP contribution in [0.2, 0.25) is 0 Å². The quantitative estimate of drug-likeness (QED) is 0.581. The minimum Gasteiger partial charge on any atom is -0.363 e. The lowest BCUT2D eigenvalue weighted by molar-refractivity contribution is -0.389. The van der Waals surface area contributed by atoms with Crippen molar-refractivity contribution < 1.29 is 4.92 Å². The van der Waals surface area contributed by atoms with Crippen LogP contribution in [0, 0.1) is 10.1 Å². The molecule has 0 aromatic carbocycles. The summed E-state index contributed by atoms with van der Waals surface area (Å²) in [6.45, 7) is 1.98. The number of nitrogens with zero attached hydrogens (tertiary/aromatic N) is 3. The molecule has 2 atom stereocenters. The van der Waals surface area contributed by atoms with Crippen molar-refractivity contribution in [3.63, 3.8) is 0 Å². The normalized spacial score (nSPS) is 27.4. The molecule has 1 aromatic heterocycles. The van der Waals surface area contributed by atoms with E-state index in [0.717, 1.165) is 25.2 Å². The number of nitro groups is 1. The molecule has 6 heteroatoms. The topological polar surface area (TPSA) is 71.3 Å². The predicted molar refractivity (Wildman–Crippen MR) is 58.4 cm³/mol. The lowest BCUT2D eigenvalue weighted by atomic mass is 10.2. The molecule has 2 bridgehead atoms. The van der Waals surface area contributed by atoms with Crippen LogP contribution in [0.15, 0.2) is 18.3 Å². The molecule has 84 valence electrons. The lowest BCUT2D eigenvalue weighted by Gasteiger charge is -2.28. The van der Waals surface area contributed by atoms with Gasteiger partial charge in [-0.3, -0.25) is 0 Å². The number of fused-ring (bicyclic) bond motifs is 2. The van der Waals surface area contributed by atoms with E-state index in [1.54, 1.807) is 12.3 Å². The van der Waals surface area contributed by atoms with Gasteiger partial charge in [0.25, 0.3) is 0 Å². The summed E-state index contributed by atoms with van der Waals surface area (Å²) in [4.78, 5) is 16.1. The second kappa shape index (κ2) is 3.41. The van der Waals surface area contributed by atoms with E-state index in [2.05, 4.69) is 15.2 Å². The molecule has 0 amide bonds. The fourth-order valence-corrected chi connectivity index (χ4v) is 2.53. The molecule has 0 saturated carbocycles. The molecular weight excluding hydrogens is 208 g/mol. The molecule has 0 aliphatic carbocycles. The molecule has 2 saturated heterocycles. The number of rotatable bonds is 2. The minimum atomic E-state index is -0.471. The Morgan fingerprint density at radius 3 is 2.94 bits per heavy atom. The predicted octanol–water partition coefficient (Wildman–Crippen LogP) is 0.540. The summed E-state index contributed by atoms with van der Waals surface area (Å²) in [7, 11) is 0. The standard InChI is InChI=1S/C10H12N4O2/c15-14(16)10-2-1-8(4-12-10)13-6-7-3-9(13)5-11-7/h1-2,4,7,9,11H,3,5-6H2/t7-,9-/m0/s1. The van der Waals surface area contributed by atoms with Gasteiger partial charge >= 0.3 is 5.82 Å². The van der Waals surface area contributed by atoms with Crippen LogP contribution in [0.4, 0.5) is 11.5 Å². The summed E-state index contributed by atoms with van der Waals surface area (Å²) in [5, 5.41) is 13.9. The molecule has 0 unspecified atom stereocenters. The molecule has 6 nitrogen and oxygen atoms in total. The van der Waals surface area contributed by atoms with Crippen LogP contribution in [0.3, 0.4) is 0 Å². The Balaban J connectivity index is 1.82. The van der Waals surface area contributed by atoms with E-state index in [4.69, 9.17) is 0 Å². The zero-order valence-electron chi connectivity index (χ0n) is 8.67. The Bertz CT molecular complexity index is 419. The van der Waals surface area contributed by atoms with Crippen molar-refractivity contribution in [3.05, 3.63) is 28.4 Å². The van der Waals surface area contributed by atoms with Gasteiger partial charge in [0.15, 0.2) is 6.20 Å². The molecular formula is C10H12N4O2. The zero-order chi connectivity index (χ0) is 11.1. The summed E-state index contributed by atoms with van der Waals surface area (Å²) in [6.07, 6.45) is 2.76. The van der Waals surface area contributed by atoms with Crippen LogP contribution in [0.1, 0.15) is 6.42 Å². The van der Waals surface area contributed by atoms with Crippen LogP contribution in [0.25, 0.3) is 0 Å². The maximum absolute atomic E-state index is 10.5. The van der Waals surface area contributed by atoms with Crippen molar-refractivity contribution in [2.75, 3.05) is 18.0 Å². The average Bonchev–Trinajstić information content (AvgIpc) is 2.91. The van der Waals surface area contributed by atoms with Gasteiger partial charge in [-0.15, -0.1) is 0 Å². The number of hydrogen-bond donors (Lipinski definition) is 1. The SMILES string of the molecule is O=[N+]([O-])c1ccc(N2C[C@@H]3C[C@H]2CN3)cn1. The first-order valence-corrected chi connectivity index (χ1v) is 5.34. The van der Waals surface area contributed by atoms with Gasteiger partial charge in [-0.25, -0.2) is 0 Å². The van der Waals surface area contributed by atoms with Gasteiger partial charge in [0.1, 0.15) is 0 Å². The van der Waals surface area contributed by atoms with Crippen molar-refractivity contribution in [2.45, 2.75) is 18.5 Å². The van der Waals surface area contributed by atoms with Crippen molar-refractivity contribution in [3.8, 4) is 0 Å². The van der Waals surface area contributed by atoms with Gasteiger partial charge < -0.3 is 20.3 Å². The Morgan fingerprint density at radius 2 is 2.44 bits per heavy atom. The van der Waals surface area contributed by atoms with E-state index >= 15 is 0 Å². The third-order valence-corrected chi connectivity index (χ3v) is 3.31. The van der Waals surface area contributed by atoms with E-state index in [1.807, 2.05) is 0 Å². The second-order valence-corrected chi connectivity index (χ2v) is 4.28. The molecule has 2 aliphatic heterocycles. The van der Waals surface area contributed by atoms with Crippen LogP contribution in [-0.4, -0.2) is 35.1 Å². The first kappa shape index (κ1) is 9.53. The van der Waals surface area contributed by atoms with Crippen molar-refractivity contribution in [1.29, 1.82) is 0 Å². The van der Waals surface area contributed by atoms with E-state index in [9.17, 15) is 10.1 Å². The van der Waals surface area contributed by atoms with Gasteiger partial charge in [-0.2, -0.15) is 0 Å². The number of anilines is 1. The third kappa shape index (κ3) is 1.42. The number of pyridine rings is 1. The smallest absolute Gasteiger partial charge is 0.363 e. The molecule has 0 radical (unpaired) electrons. The van der Waals surface area contributed by atoms with Crippen LogP contribution >= 0.6 is 0 Å². The van der Waals surface area contributed by atoms with Gasteiger partial charge in [-0.1, -0.05) is 0 Å². The van der Waals surface area contributed by atoms with Crippen LogP contribution in [-0.2, 0) is 0 Å². The van der Waals surface area contributed by atoms with Gasteiger partial charge in [0, 0.05) is 31.2 Å². The van der Waals surface area contributed by atoms with E-state index in [-0.39, 0.29) is 5.82 Å². The summed E-state index contributed by atoms with van der Waals surface area (Å²) in [5.41, 5.74) is 0.986. The zero-order valence-corrected chi connectivity index (χ0v) is 8.67. The molecule has 2 aliphatic rings. The minimum absolute atomic E-state index is 0.0915. The highest BCUT2D eigenvalue weighted by atomic mass is 16.6. The number of nitrogens with one attached hydrogen (secondary N) is 1. The summed E-state index contributed by atoms with van der Waals surface area (Å²) >= 11 is 0. The molecule has 1 aromatic rings. The van der Waals surface area contributed by atoms with Crippen molar-refractivity contribution in [2.24, 2.45) is 0 Å². The number of piperazine rings is 1. The van der Waals surface area contributed by atoms with E-state index in [1.165, 1.54) is 6.07 Å². The Hall–Kier alpha value is -1.69. The van der Waals surface area contributed by atoms with Crippen molar-refractivity contribution >= 4 is 11.5 Å². The highest BCUT2D eigenvalue weighted by Crippen LogP contribution is 2.29. The average molecular weight is 220 g/mol. The Labute approximate surface area is 92.4 Å². The monoisotopic (exact) mass is 220 g/mol. The number of hydrogen-bond acceptors (Lipinski definition) is 5.